The second-order valence-electron chi connectivity index (χ2n) is 6.28. The summed E-state index contributed by atoms with van der Waals surface area (Å²) >= 11 is 1.81. The molecule has 1 fully saturated rings. The Morgan fingerprint density at radius 2 is 1.96 bits per heavy atom. The lowest BCUT2D eigenvalue weighted by molar-refractivity contribution is 0.642. The van der Waals surface area contributed by atoms with Gasteiger partial charge >= 0.3 is 0 Å². The predicted octanol–water partition coefficient (Wildman–Crippen LogP) is 4.11. The molecule has 0 amide bonds. The largest absolute Gasteiger partial charge is 0.356 e. The average molecular weight is 455 g/mol. The van der Waals surface area contributed by atoms with Gasteiger partial charge in [0, 0.05) is 30.4 Å². The Morgan fingerprint density at radius 1 is 1.17 bits per heavy atom. The molecular formula is C19H26IN3S. The molecular weight excluding hydrogens is 429 g/mol. The van der Waals surface area contributed by atoms with E-state index < -0.39 is 0 Å². The van der Waals surface area contributed by atoms with Crippen LogP contribution in [0, 0.1) is 6.92 Å². The summed E-state index contributed by atoms with van der Waals surface area (Å²) in [5.74, 6) is 0.904. The molecule has 1 aliphatic carbocycles. The maximum atomic E-state index is 4.35. The summed E-state index contributed by atoms with van der Waals surface area (Å²) in [4.78, 5) is 5.76. The summed E-state index contributed by atoms with van der Waals surface area (Å²) < 4.78 is 0. The van der Waals surface area contributed by atoms with Crippen molar-refractivity contribution in [1.82, 2.24) is 10.6 Å². The number of guanidine groups is 1. The zero-order chi connectivity index (χ0) is 16.1. The van der Waals surface area contributed by atoms with Crippen molar-refractivity contribution in [2.24, 2.45) is 4.99 Å². The minimum absolute atomic E-state index is 0. The molecule has 1 aromatic carbocycles. The molecule has 3 rings (SSSR count). The number of rotatable bonds is 6. The molecule has 0 unspecified atom stereocenters. The van der Waals surface area contributed by atoms with Gasteiger partial charge in [0.05, 0.1) is 0 Å². The molecule has 0 bridgehead atoms. The lowest BCUT2D eigenvalue weighted by atomic mass is 9.92. The van der Waals surface area contributed by atoms with Gasteiger partial charge in [0.2, 0.25) is 0 Å². The summed E-state index contributed by atoms with van der Waals surface area (Å²) in [5.41, 5.74) is 3.19. The van der Waals surface area contributed by atoms with Crippen LogP contribution in [0.15, 0.2) is 46.8 Å². The van der Waals surface area contributed by atoms with Gasteiger partial charge in [-0.25, -0.2) is 0 Å². The molecule has 0 radical (unpaired) electrons. The zero-order valence-electron chi connectivity index (χ0n) is 14.3. The van der Waals surface area contributed by atoms with Crippen LogP contribution in [0.5, 0.6) is 0 Å². The highest BCUT2D eigenvalue weighted by Gasteiger charge is 2.44. The van der Waals surface area contributed by atoms with E-state index in [0.717, 1.165) is 25.5 Å². The molecule has 1 heterocycles. The number of aryl methyl sites for hydroxylation is 1. The van der Waals surface area contributed by atoms with E-state index in [4.69, 9.17) is 0 Å². The van der Waals surface area contributed by atoms with E-state index in [1.807, 2.05) is 18.4 Å². The van der Waals surface area contributed by atoms with Crippen molar-refractivity contribution in [1.29, 1.82) is 0 Å². The maximum Gasteiger partial charge on any atom is 0.191 e. The average Bonchev–Trinajstić information content (AvgIpc) is 3.17. The van der Waals surface area contributed by atoms with Crippen LogP contribution >= 0.6 is 35.3 Å². The van der Waals surface area contributed by atoms with Gasteiger partial charge in [0.1, 0.15) is 0 Å². The van der Waals surface area contributed by atoms with Crippen molar-refractivity contribution in [3.63, 3.8) is 0 Å². The summed E-state index contributed by atoms with van der Waals surface area (Å²) in [7, 11) is 1.84. The Morgan fingerprint density at radius 3 is 2.58 bits per heavy atom. The summed E-state index contributed by atoms with van der Waals surface area (Å²) in [6.07, 6.45) is 3.56. The number of thiophene rings is 1. The smallest absolute Gasteiger partial charge is 0.191 e. The van der Waals surface area contributed by atoms with Gasteiger partial charge < -0.3 is 10.6 Å². The lowest BCUT2D eigenvalue weighted by Crippen LogP contribution is -2.42. The van der Waals surface area contributed by atoms with Crippen LogP contribution in [-0.2, 0) is 11.8 Å². The Balaban J connectivity index is 0.00000208. The Hall–Kier alpha value is -1.08. The van der Waals surface area contributed by atoms with Gasteiger partial charge in [-0.2, -0.15) is 0 Å². The SMILES string of the molecule is CN=C(NCCc1cccs1)NCC1(c2ccccc2C)CC1.I. The first-order valence-electron chi connectivity index (χ1n) is 8.26. The van der Waals surface area contributed by atoms with Crippen molar-refractivity contribution in [3.05, 3.63) is 57.8 Å². The normalized spacial score (nSPS) is 15.5. The van der Waals surface area contributed by atoms with Gasteiger partial charge in [-0.1, -0.05) is 30.3 Å². The third-order valence-electron chi connectivity index (χ3n) is 4.63. The van der Waals surface area contributed by atoms with Crippen LogP contribution < -0.4 is 10.6 Å². The Labute approximate surface area is 166 Å². The van der Waals surface area contributed by atoms with Gasteiger partial charge in [0.25, 0.3) is 0 Å². The predicted molar refractivity (Wildman–Crippen MR) is 115 cm³/mol. The van der Waals surface area contributed by atoms with Gasteiger partial charge in [-0.3, -0.25) is 4.99 Å². The topological polar surface area (TPSA) is 36.4 Å². The van der Waals surface area contributed by atoms with Crippen molar-refractivity contribution < 1.29 is 0 Å². The number of aliphatic imine (C=N–C) groups is 1. The van der Waals surface area contributed by atoms with Crippen LogP contribution in [0.2, 0.25) is 0 Å². The molecule has 0 spiro atoms. The van der Waals surface area contributed by atoms with Gasteiger partial charge in [-0.15, -0.1) is 35.3 Å². The molecule has 24 heavy (non-hydrogen) atoms. The molecule has 1 aromatic heterocycles. The third kappa shape index (κ3) is 4.72. The number of hydrogen-bond donors (Lipinski definition) is 2. The lowest BCUT2D eigenvalue weighted by Gasteiger charge is -2.20. The molecule has 2 aromatic rings. The number of hydrogen-bond acceptors (Lipinski definition) is 2. The van der Waals surface area contributed by atoms with Crippen LogP contribution in [0.1, 0.15) is 28.8 Å². The fourth-order valence-corrected chi connectivity index (χ4v) is 3.80. The minimum atomic E-state index is 0. The standard InChI is InChI=1S/C19H25N3S.HI/c1-15-6-3-4-8-17(15)19(10-11-19)14-22-18(20-2)21-12-9-16-7-5-13-23-16;/h3-8,13H,9-12,14H2,1-2H3,(H2,20,21,22);1H. The summed E-state index contributed by atoms with van der Waals surface area (Å²) in [6, 6.07) is 13.0. The van der Waals surface area contributed by atoms with E-state index in [1.165, 1.54) is 28.8 Å². The van der Waals surface area contributed by atoms with E-state index in [-0.39, 0.29) is 24.0 Å². The van der Waals surface area contributed by atoms with Crippen LogP contribution in [-0.4, -0.2) is 26.1 Å². The first kappa shape index (κ1) is 19.2. The number of nitrogens with one attached hydrogen (secondary N) is 2. The van der Waals surface area contributed by atoms with Crippen LogP contribution in [0.4, 0.5) is 0 Å². The highest BCUT2D eigenvalue weighted by atomic mass is 127. The molecule has 0 atom stereocenters. The number of halogens is 1. The molecule has 0 aliphatic heterocycles. The van der Waals surface area contributed by atoms with Crippen molar-refractivity contribution >= 4 is 41.3 Å². The van der Waals surface area contributed by atoms with Crippen molar-refractivity contribution in [3.8, 4) is 0 Å². The molecule has 1 aliphatic rings. The summed E-state index contributed by atoms with van der Waals surface area (Å²) in [5, 5.41) is 9.07. The monoisotopic (exact) mass is 455 g/mol. The first-order valence-corrected chi connectivity index (χ1v) is 9.14. The van der Waals surface area contributed by atoms with Crippen LogP contribution in [0.25, 0.3) is 0 Å². The van der Waals surface area contributed by atoms with E-state index in [9.17, 15) is 0 Å². The summed E-state index contributed by atoms with van der Waals surface area (Å²) in [6.45, 7) is 4.08. The molecule has 2 N–H and O–H groups in total. The number of nitrogens with zero attached hydrogens (tertiary/aromatic N) is 1. The Bertz CT molecular complexity index is 663. The van der Waals surface area contributed by atoms with E-state index >= 15 is 0 Å². The van der Waals surface area contributed by atoms with Gasteiger partial charge in [-0.05, 0) is 48.8 Å². The van der Waals surface area contributed by atoms with Crippen molar-refractivity contribution in [2.75, 3.05) is 20.1 Å². The van der Waals surface area contributed by atoms with Gasteiger partial charge in [0.15, 0.2) is 5.96 Å². The van der Waals surface area contributed by atoms with E-state index in [2.05, 4.69) is 64.3 Å². The first-order chi connectivity index (χ1) is 11.2. The molecule has 130 valence electrons. The number of benzene rings is 1. The third-order valence-corrected chi connectivity index (χ3v) is 5.57. The second kappa shape index (κ2) is 8.85. The Kier molecular flexibility index (Phi) is 7.10. The molecule has 5 heteroatoms. The van der Waals surface area contributed by atoms with E-state index in [1.54, 1.807) is 0 Å². The molecule has 0 saturated heterocycles. The van der Waals surface area contributed by atoms with E-state index in [0.29, 0.717) is 5.41 Å². The molecule has 3 nitrogen and oxygen atoms in total. The fourth-order valence-electron chi connectivity index (χ4n) is 3.09. The van der Waals surface area contributed by atoms with Crippen LogP contribution in [0.3, 0.4) is 0 Å². The highest BCUT2D eigenvalue weighted by molar-refractivity contribution is 14.0. The maximum absolute atomic E-state index is 4.35. The fraction of sp³-hybridized carbons (Fsp3) is 0.421. The second-order valence-corrected chi connectivity index (χ2v) is 7.31. The molecule has 1 saturated carbocycles. The highest BCUT2D eigenvalue weighted by Crippen LogP contribution is 2.48. The van der Waals surface area contributed by atoms with Crippen molar-refractivity contribution in [2.45, 2.75) is 31.6 Å². The zero-order valence-corrected chi connectivity index (χ0v) is 17.5. The quantitative estimate of drug-likeness (QED) is 0.391. The minimum Gasteiger partial charge on any atom is -0.356 e.